The molecule has 1 atom stereocenters. The van der Waals surface area contributed by atoms with Crippen LogP contribution in [0.5, 0.6) is 5.75 Å². The molecule has 2 aliphatic heterocycles. The number of carbonyl (C=O) groups excluding carboxylic acids is 2. The van der Waals surface area contributed by atoms with Crippen molar-refractivity contribution in [3.05, 3.63) is 65.2 Å². The average Bonchev–Trinajstić information content (AvgIpc) is 2.91. The third-order valence-corrected chi connectivity index (χ3v) is 6.44. The second kappa shape index (κ2) is 12.9. The molecule has 2 saturated heterocycles. The van der Waals surface area contributed by atoms with E-state index in [1.54, 1.807) is 29.2 Å². The van der Waals surface area contributed by atoms with Gasteiger partial charge in [0.05, 0.1) is 25.9 Å². The molecule has 9 heteroatoms. The van der Waals surface area contributed by atoms with Gasteiger partial charge in [-0.15, -0.1) is 0 Å². The minimum Gasteiger partial charge on any atom is -0.484 e. The molecule has 4 rings (SSSR count). The Bertz CT molecular complexity index is 953. The predicted molar refractivity (Wildman–Crippen MR) is 133 cm³/mol. The Morgan fingerprint density at radius 2 is 1.74 bits per heavy atom. The van der Waals surface area contributed by atoms with Crippen LogP contribution in [0.15, 0.2) is 54.6 Å². The molecule has 0 bridgehead atoms. The molecule has 2 amide bonds. The molecule has 2 aromatic carbocycles. The molecule has 2 heterocycles. The lowest BCUT2D eigenvalue weighted by Gasteiger charge is -2.36. The van der Waals surface area contributed by atoms with Crippen molar-refractivity contribution in [3.63, 3.8) is 0 Å². The molecule has 0 N–H and O–H groups in total. The Morgan fingerprint density at radius 3 is 2.49 bits per heavy atom. The van der Waals surface area contributed by atoms with Crippen LogP contribution < -0.4 is 4.74 Å². The fourth-order valence-corrected chi connectivity index (χ4v) is 4.32. The Morgan fingerprint density at radius 1 is 1.00 bits per heavy atom. The summed E-state index contributed by atoms with van der Waals surface area (Å²) in [6.07, 6.45) is -0.263. The van der Waals surface area contributed by atoms with E-state index in [0.717, 1.165) is 19.6 Å². The zero-order valence-electron chi connectivity index (χ0n) is 19.8. The van der Waals surface area contributed by atoms with Crippen molar-refractivity contribution in [2.24, 2.45) is 0 Å². The monoisotopic (exact) mass is 501 g/mol. The molecule has 35 heavy (non-hydrogen) atoms. The molecule has 0 spiro atoms. The van der Waals surface area contributed by atoms with E-state index < -0.39 is 0 Å². The maximum atomic E-state index is 13.3. The van der Waals surface area contributed by atoms with Gasteiger partial charge in [-0.2, -0.15) is 0 Å². The fraction of sp³-hybridized carbons (Fsp3) is 0.462. The van der Waals surface area contributed by atoms with Gasteiger partial charge in [-0.3, -0.25) is 14.5 Å². The highest BCUT2D eigenvalue weighted by atomic mass is 35.5. The van der Waals surface area contributed by atoms with Gasteiger partial charge in [0.15, 0.2) is 6.61 Å². The van der Waals surface area contributed by atoms with E-state index in [1.165, 1.54) is 0 Å². The van der Waals surface area contributed by atoms with Crippen LogP contribution in [0.1, 0.15) is 10.4 Å². The number of hydrogen-bond donors (Lipinski definition) is 0. The number of nitrogens with zero attached hydrogens (tertiary/aromatic N) is 3. The molecule has 2 aliphatic rings. The van der Waals surface area contributed by atoms with Crippen molar-refractivity contribution in [3.8, 4) is 5.75 Å². The Labute approximate surface area is 211 Å². The minimum absolute atomic E-state index is 0.0306. The number of hydrogen-bond acceptors (Lipinski definition) is 6. The average molecular weight is 502 g/mol. The Hall–Kier alpha value is -2.65. The van der Waals surface area contributed by atoms with Crippen LogP contribution in [0.4, 0.5) is 0 Å². The molecule has 0 radical (unpaired) electrons. The third-order valence-electron chi connectivity index (χ3n) is 6.19. The molecule has 0 unspecified atom stereocenters. The SMILES string of the molecule is O=C(COc1ccc(Cl)cc1)N1CCO[C@@H](CN(CCN2CCOCC2)C(=O)c2ccccc2)C1. The van der Waals surface area contributed by atoms with Crippen molar-refractivity contribution in [2.45, 2.75) is 6.10 Å². The summed E-state index contributed by atoms with van der Waals surface area (Å²) in [7, 11) is 0. The molecule has 0 aliphatic carbocycles. The first kappa shape index (κ1) is 25.4. The van der Waals surface area contributed by atoms with Gasteiger partial charge in [0.1, 0.15) is 5.75 Å². The van der Waals surface area contributed by atoms with Crippen LogP contribution in [0.3, 0.4) is 0 Å². The highest BCUT2D eigenvalue weighted by Crippen LogP contribution is 2.16. The van der Waals surface area contributed by atoms with Gasteiger partial charge >= 0.3 is 0 Å². The van der Waals surface area contributed by atoms with E-state index >= 15 is 0 Å². The Balaban J connectivity index is 1.34. The van der Waals surface area contributed by atoms with Gasteiger partial charge in [-0.1, -0.05) is 29.8 Å². The van der Waals surface area contributed by atoms with Crippen molar-refractivity contribution >= 4 is 23.4 Å². The molecule has 0 aromatic heterocycles. The first-order valence-electron chi connectivity index (χ1n) is 12.0. The van der Waals surface area contributed by atoms with Crippen molar-refractivity contribution in [2.75, 3.05) is 72.2 Å². The number of benzene rings is 2. The number of morpholine rings is 2. The summed E-state index contributed by atoms with van der Waals surface area (Å²) in [5.41, 5.74) is 0.648. The fourth-order valence-electron chi connectivity index (χ4n) is 4.20. The highest BCUT2D eigenvalue weighted by molar-refractivity contribution is 6.30. The summed E-state index contributed by atoms with van der Waals surface area (Å²) in [5.74, 6) is 0.454. The Kier molecular flexibility index (Phi) is 9.36. The number of carbonyl (C=O) groups is 2. The van der Waals surface area contributed by atoms with Crippen LogP contribution in [-0.2, 0) is 14.3 Å². The summed E-state index contributed by atoms with van der Waals surface area (Å²) >= 11 is 5.90. The van der Waals surface area contributed by atoms with Crippen LogP contribution in [0, 0.1) is 0 Å². The number of amides is 2. The van der Waals surface area contributed by atoms with Crippen LogP contribution in [-0.4, -0.2) is 105 Å². The van der Waals surface area contributed by atoms with Gasteiger partial charge < -0.3 is 24.0 Å². The number of ether oxygens (including phenoxy) is 3. The third kappa shape index (κ3) is 7.67. The molecular weight excluding hydrogens is 470 g/mol. The summed E-state index contributed by atoms with van der Waals surface area (Å²) in [5, 5.41) is 0.614. The number of rotatable bonds is 9. The van der Waals surface area contributed by atoms with E-state index in [4.69, 9.17) is 25.8 Å². The zero-order valence-corrected chi connectivity index (χ0v) is 20.6. The topological polar surface area (TPSA) is 71.6 Å². The first-order chi connectivity index (χ1) is 17.1. The predicted octanol–water partition coefficient (Wildman–Crippen LogP) is 2.42. The van der Waals surface area contributed by atoms with Crippen LogP contribution in [0.25, 0.3) is 0 Å². The largest absolute Gasteiger partial charge is 0.484 e. The van der Waals surface area contributed by atoms with E-state index in [2.05, 4.69) is 4.90 Å². The van der Waals surface area contributed by atoms with Gasteiger partial charge in [0, 0.05) is 56.4 Å². The summed E-state index contributed by atoms with van der Waals surface area (Å²) in [6, 6.07) is 16.2. The van der Waals surface area contributed by atoms with Crippen molar-refractivity contribution < 1.29 is 23.8 Å². The van der Waals surface area contributed by atoms with Gasteiger partial charge in [0.2, 0.25) is 0 Å². The van der Waals surface area contributed by atoms with E-state index in [-0.39, 0.29) is 24.5 Å². The lowest BCUT2D eigenvalue weighted by Crippen LogP contribution is -2.52. The molecule has 0 saturated carbocycles. The normalized spacial score (nSPS) is 18.8. The molecule has 8 nitrogen and oxygen atoms in total. The lowest BCUT2D eigenvalue weighted by molar-refractivity contribution is -0.141. The summed E-state index contributed by atoms with van der Waals surface area (Å²) < 4.78 is 17.0. The highest BCUT2D eigenvalue weighted by Gasteiger charge is 2.28. The standard InChI is InChI=1S/C26H32ClN3O5/c27-22-6-8-23(9-7-22)35-20-25(31)29-14-17-34-24(18-29)19-30(11-10-28-12-15-33-16-13-28)26(32)21-4-2-1-3-5-21/h1-9,24H,10-20H2/t24-/m1/s1. The molecule has 2 fully saturated rings. The maximum absolute atomic E-state index is 13.3. The van der Waals surface area contributed by atoms with E-state index in [9.17, 15) is 9.59 Å². The summed E-state index contributed by atoms with van der Waals surface area (Å²) in [4.78, 5) is 32.0. The van der Waals surface area contributed by atoms with Gasteiger partial charge in [0.25, 0.3) is 11.8 Å². The number of halogens is 1. The van der Waals surface area contributed by atoms with Crippen molar-refractivity contribution in [1.29, 1.82) is 0 Å². The second-order valence-electron chi connectivity index (χ2n) is 8.65. The van der Waals surface area contributed by atoms with Gasteiger partial charge in [-0.25, -0.2) is 0 Å². The van der Waals surface area contributed by atoms with Crippen LogP contribution >= 0.6 is 11.6 Å². The zero-order chi connectivity index (χ0) is 24.5. The van der Waals surface area contributed by atoms with Gasteiger partial charge in [-0.05, 0) is 36.4 Å². The quantitative estimate of drug-likeness (QED) is 0.525. The van der Waals surface area contributed by atoms with Crippen molar-refractivity contribution in [1.82, 2.24) is 14.7 Å². The smallest absolute Gasteiger partial charge is 0.260 e. The first-order valence-corrected chi connectivity index (χ1v) is 12.4. The molecule has 188 valence electrons. The summed E-state index contributed by atoms with van der Waals surface area (Å²) in [6.45, 7) is 6.21. The second-order valence-corrected chi connectivity index (χ2v) is 9.08. The molecule has 2 aromatic rings. The minimum atomic E-state index is -0.263. The van der Waals surface area contributed by atoms with E-state index in [1.807, 2.05) is 35.2 Å². The van der Waals surface area contributed by atoms with E-state index in [0.29, 0.717) is 62.3 Å². The molecular formula is C26H32ClN3O5. The lowest BCUT2D eigenvalue weighted by atomic mass is 10.1. The maximum Gasteiger partial charge on any atom is 0.260 e. The van der Waals surface area contributed by atoms with Crippen LogP contribution in [0.2, 0.25) is 5.02 Å².